The van der Waals surface area contributed by atoms with Gasteiger partial charge in [-0.15, -0.1) is 0 Å². The third kappa shape index (κ3) is 5.40. The van der Waals surface area contributed by atoms with Crippen molar-refractivity contribution in [3.63, 3.8) is 0 Å². The number of piperidine rings is 1. The van der Waals surface area contributed by atoms with Crippen molar-refractivity contribution < 1.29 is 8.42 Å². The topological polar surface area (TPSA) is 40.6 Å². The van der Waals surface area contributed by atoms with Gasteiger partial charge in [0.05, 0.1) is 5.75 Å². The summed E-state index contributed by atoms with van der Waals surface area (Å²) < 4.78 is 23.5. The highest BCUT2D eigenvalue weighted by Gasteiger charge is 2.28. The minimum Gasteiger partial charge on any atom is -0.303 e. The number of hydrogen-bond acceptors (Lipinski definition) is 4. The Morgan fingerprint density at radius 1 is 1.26 bits per heavy atom. The summed E-state index contributed by atoms with van der Waals surface area (Å²) in [6, 6.07) is 0.527. The molecule has 4 nitrogen and oxygen atoms in total. The van der Waals surface area contributed by atoms with E-state index in [-0.39, 0.29) is 0 Å². The Morgan fingerprint density at radius 2 is 1.95 bits per heavy atom. The Hall–Kier alpha value is -0.130. The molecule has 1 rings (SSSR count). The Balaban J connectivity index is 2.44. The third-order valence-corrected chi connectivity index (χ3v) is 6.06. The lowest BCUT2D eigenvalue weighted by molar-refractivity contribution is 0.0866. The molecule has 1 heterocycles. The molecule has 1 aliphatic rings. The highest BCUT2D eigenvalue weighted by molar-refractivity contribution is 7.91. The number of rotatable bonds is 7. The molecule has 0 saturated carbocycles. The molecule has 0 bridgehead atoms. The number of likely N-dealkylation sites (tertiary alicyclic amines) is 1. The van der Waals surface area contributed by atoms with E-state index in [1.54, 1.807) is 0 Å². The number of hydrogen-bond donors (Lipinski definition) is 0. The normalized spacial score (nSPS) is 25.9. The molecule has 5 heteroatoms. The van der Waals surface area contributed by atoms with Crippen LogP contribution < -0.4 is 0 Å². The molecule has 1 saturated heterocycles. The largest absolute Gasteiger partial charge is 0.303 e. The molecule has 2 unspecified atom stereocenters. The minimum atomic E-state index is -2.85. The molecular weight excluding hydrogens is 260 g/mol. The van der Waals surface area contributed by atoms with Gasteiger partial charge >= 0.3 is 0 Å². The van der Waals surface area contributed by atoms with E-state index in [9.17, 15) is 8.42 Å². The zero-order valence-corrected chi connectivity index (χ0v) is 13.7. The van der Waals surface area contributed by atoms with E-state index < -0.39 is 9.84 Å². The van der Waals surface area contributed by atoms with Crippen LogP contribution in [0.15, 0.2) is 0 Å². The molecule has 0 aliphatic carbocycles. The zero-order chi connectivity index (χ0) is 14.5. The van der Waals surface area contributed by atoms with Gasteiger partial charge in [-0.05, 0) is 38.9 Å². The van der Waals surface area contributed by atoms with Crippen LogP contribution in [0.4, 0.5) is 0 Å². The molecule has 0 amide bonds. The summed E-state index contributed by atoms with van der Waals surface area (Å²) in [4.78, 5) is 4.73. The summed E-state index contributed by atoms with van der Waals surface area (Å²) >= 11 is 0. The van der Waals surface area contributed by atoms with Gasteiger partial charge in [0.25, 0.3) is 0 Å². The van der Waals surface area contributed by atoms with E-state index in [4.69, 9.17) is 0 Å². The zero-order valence-electron chi connectivity index (χ0n) is 12.9. The maximum absolute atomic E-state index is 11.8. The van der Waals surface area contributed by atoms with E-state index in [2.05, 4.69) is 30.7 Å². The first kappa shape index (κ1) is 16.9. The average Bonchev–Trinajstić information content (AvgIpc) is 2.36. The van der Waals surface area contributed by atoms with Crippen molar-refractivity contribution in [2.75, 3.05) is 44.7 Å². The van der Waals surface area contributed by atoms with Crippen LogP contribution in [0.25, 0.3) is 0 Å². The monoisotopic (exact) mass is 290 g/mol. The van der Waals surface area contributed by atoms with E-state index in [1.165, 1.54) is 0 Å². The molecular formula is C14H30N2O2S. The minimum absolute atomic E-state index is 0.304. The van der Waals surface area contributed by atoms with E-state index in [1.807, 2.05) is 6.92 Å². The summed E-state index contributed by atoms with van der Waals surface area (Å²) in [6.45, 7) is 10.5. The second-order valence-corrected chi connectivity index (χ2v) is 8.16. The fourth-order valence-corrected chi connectivity index (χ4v) is 4.42. The summed E-state index contributed by atoms with van der Waals surface area (Å²) in [5.41, 5.74) is 0. The highest BCUT2D eigenvalue weighted by atomic mass is 32.2. The van der Waals surface area contributed by atoms with Crippen molar-refractivity contribution in [2.24, 2.45) is 5.92 Å². The quantitative estimate of drug-likeness (QED) is 0.712. The summed E-state index contributed by atoms with van der Waals surface area (Å²) in [7, 11) is -0.777. The molecule has 0 N–H and O–H groups in total. The molecule has 0 spiro atoms. The first-order chi connectivity index (χ1) is 8.89. The van der Waals surface area contributed by atoms with Crippen LogP contribution in [0.3, 0.4) is 0 Å². The van der Waals surface area contributed by atoms with Gasteiger partial charge in [0, 0.05) is 24.9 Å². The molecule has 2 atom stereocenters. The first-order valence-corrected chi connectivity index (χ1v) is 9.34. The van der Waals surface area contributed by atoms with E-state index in [0.29, 0.717) is 30.0 Å². The summed E-state index contributed by atoms with van der Waals surface area (Å²) in [5, 5.41) is 0. The summed E-state index contributed by atoms with van der Waals surface area (Å²) in [5.74, 6) is 1.25. The molecule has 0 radical (unpaired) electrons. The standard InChI is InChI=1S/C14H30N2O2S/c1-5-10-19(17,18)11-9-15(4)14-7-8-16(6-2)12-13(14)3/h13-14H,5-12H2,1-4H3. The summed E-state index contributed by atoms with van der Waals surface area (Å²) in [6.07, 6.45) is 1.87. The second-order valence-electron chi connectivity index (χ2n) is 5.86. The molecule has 1 aliphatic heterocycles. The highest BCUT2D eigenvalue weighted by Crippen LogP contribution is 2.20. The van der Waals surface area contributed by atoms with Crippen molar-refractivity contribution in [1.29, 1.82) is 0 Å². The molecule has 19 heavy (non-hydrogen) atoms. The van der Waals surface area contributed by atoms with Crippen LogP contribution >= 0.6 is 0 Å². The van der Waals surface area contributed by atoms with Crippen molar-refractivity contribution in [1.82, 2.24) is 9.80 Å². The Kier molecular flexibility index (Phi) is 6.77. The molecule has 0 aromatic rings. The van der Waals surface area contributed by atoms with Gasteiger partial charge in [0.15, 0.2) is 9.84 Å². The fourth-order valence-electron chi connectivity index (χ4n) is 3.02. The van der Waals surface area contributed by atoms with Crippen molar-refractivity contribution >= 4 is 9.84 Å². The van der Waals surface area contributed by atoms with E-state index in [0.717, 1.165) is 32.5 Å². The third-order valence-electron chi connectivity index (χ3n) is 4.23. The predicted octanol–water partition coefficient (Wildman–Crippen LogP) is 1.47. The van der Waals surface area contributed by atoms with Crippen LogP contribution in [0.1, 0.15) is 33.6 Å². The van der Waals surface area contributed by atoms with Gasteiger partial charge in [-0.2, -0.15) is 0 Å². The number of nitrogens with zero attached hydrogens (tertiary/aromatic N) is 2. The van der Waals surface area contributed by atoms with Crippen LogP contribution in [0.5, 0.6) is 0 Å². The second kappa shape index (κ2) is 7.60. The van der Waals surface area contributed by atoms with Gasteiger partial charge in [0.2, 0.25) is 0 Å². The van der Waals surface area contributed by atoms with Gasteiger partial charge in [-0.1, -0.05) is 20.8 Å². The predicted molar refractivity (Wildman–Crippen MR) is 81.3 cm³/mol. The maximum atomic E-state index is 11.8. The number of sulfone groups is 1. The Morgan fingerprint density at radius 3 is 2.47 bits per heavy atom. The van der Waals surface area contributed by atoms with Crippen LogP contribution in [-0.4, -0.2) is 69.0 Å². The van der Waals surface area contributed by atoms with Gasteiger partial charge < -0.3 is 9.80 Å². The lowest BCUT2D eigenvalue weighted by Crippen LogP contribution is -2.49. The SMILES string of the molecule is CCCS(=O)(=O)CCN(C)C1CCN(CC)CC1C. The van der Waals surface area contributed by atoms with Crippen LogP contribution in [-0.2, 0) is 9.84 Å². The molecule has 114 valence electrons. The average molecular weight is 290 g/mol. The van der Waals surface area contributed by atoms with Crippen LogP contribution in [0, 0.1) is 5.92 Å². The van der Waals surface area contributed by atoms with Gasteiger partial charge in [-0.25, -0.2) is 8.42 Å². The smallest absolute Gasteiger partial charge is 0.151 e. The van der Waals surface area contributed by atoms with Crippen LogP contribution in [0.2, 0.25) is 0 Å². The molecule has 1 fully saturated rings. The molecule has 0 aromatic carbocycles. The van der Waals surface area contributed by atoms with Crippen molar-refractivity contribution in [3.05, 3.63) is 0 Å². The molecule has 0 aromatic heterocycles. The van der Waals surface area contributed by atoms with Gasteiger partial charge in [0.1, 0.15) is 0 Å². The first-order valence-electron chi connectivity index (χ1n) is 7.52. The lowest BCUT2D eigenvalue weighted by Gasteiger charge is -2.41. The Labute approximate surface area is 119 Å². The maximum Gasteiger partial charge on any atom is 0.151 e. The van der Waals surface area contributed by atoms with Crippen molar-refractivity contribution in [3.8, 4) is 0 Å². The van der Waals surface area contributed by atoms with Gasteiger partial charge in [-0.3, -0.25) is 0 Å². The fraction of sp³-hybridized carbons (Fsp3) is 1.00. The Bertz CT molecular complexity index is 356. The van der Waals surface area contributed by atoms with Crippen molar-refractivity contribution in [2.45, 2.75) is 39.7 Å². The lowest BCUT2D eigenvalue weighted by atomic mass is 9.93. The van der Waals surface area contributed by atoms with E-state index >= 15 is 0 Å².